The summed E-state index contributed by atoms with van der Waals surface area (Å²) in [5, 5.41) is 14.0. The molecule has 1 N–H and O–H groups in total. The van der Waals surface area contributed by atoms with Crippen molar-refractivity contribution in [3.05, 3.63) is 30.6 Å². The van der Waals surface area contributed by atoms with Gasteiger partial charge in [-0.1, -0.05) is 6.07 Å². The van der Waals surface area contributed by atoms with E-state index in [-0.39, 0.29) is 30.9 Å². The Labute approximate surface area is 180 Å². The average molecular weight is 425 g/mol. The zero-order valence-electron chi connectivity index (χ0n) is 17.8. The van der Waals surface area contributed by atoms with Crippen molar-refractivity contribution >= 4 is 29.3 Å². The third-order valence-electron chi connectivity index (χ3n) is 5.96. The van der Waals surface area contributed by atoms with Gasteiger partial charge in [0.1, 0.15) is 6.54 Å². The van der Waals surface area contributed by atoms with Gasteiger partial charge in [-0.15, -0.1) is 0 Å². The zero-order valence-corrected chi connectivity index (χ0v) is 17.8. The predicted molar refractivity (Wildman–Crippen MR) is 116 cm³/mol. The maximum absolute atomic E-state index is 12.5. The summed E-state index contributed by atoms with van der Waals surface area (Å²) in [5.41, 5.74) is 2.60. The molecule has 3 amide bonds. The van der Waals surface area contributed by atoms with Crippen molar-refractivity contribution in [3.63, 3.8) is 0 Å². The normalized spacial score (nSPS) is 18.6. The minimum absolute atomic E-state index is 0.0583. The second kappa shape index (κ2) is 8.41. The van der Waals surface area contributed by atoms with E-state index in [2.05, 4.69) is 5.10 Å². The summed E-state index contributed by atoms with van der Waals surface area (Å²) in [7, 11) is 0. The van der Waals surface area contributed by atoms with Gasteiger partial charge in [0.25, 0.3) is 0 Å². The van der Waals surface area contributed by atoms with Gasteiger partial charge in [0, 0.05) is 38.3 Å². The molecule has 3 heterocycles. The van der Waals surface area contributed by atoms with Gasteiger partial charge in [0.15, 0.2) is 0 Å². The molecule has 2 aliphatic heterocycles. The fourth-order valence-electron chi connectivity index (χ4n) is 4.45. The first-order valence-corrected chi connectivity index (χ1v) is 10.6. The topological polar surface area (TPSA) is 99.0 Å². The summed E-state index contributed by atoms with van der Waals surface area (Å²) in [6, 6.07) is 5.13. The van der Waals surface area contributed by atoms with Crippen molar-refractivity contribution in [3.8, 4) is 11.1 Å². The number of likely N-dealkylation sites (tertiary alicyclic amines) is 1. The summed E-state index contributed by atoms with van der Waals surface area (Å²) < 4.78 is 1.62. The van der Waals surface area contributed by atoms with E-state index >= 15 is 0 Å². The fraction of sp³-hybridized carbons (Fsp3) is 0.455. The Morgan fingerprint density at radius 1 is 1.10 bits per heavy atom. The molecule has 2 aromatic rings. The molecule has 0 saturated carbocycles. The number of piperidine rings is 1. The highest BCUT2D eigenvalue weighted by atomic mass is 16.4. The monoisotopic (exact) mass is 425 g/mol. The van der Waals surface area contributed by atoms with Gasteiger partial charge >= 0.3 is 6.09 Å². The van der Waals surface area contributed by atoms with Crippen LogP contribution in [0.1, 0.15) is 33.1 Å². The van der Waals surface area contributed by atoms with Crippen LogP contribution in [0.5, 0.6) is 0 Å². The molecule has 1 fully saturated rings. The van der Waals surface area contributed by atoms with E-state index in [1.807, 2.05) is 17.9 Å². The second-order valence-corrected chi connectivity index (χ2v) is 8.20. The fourth-order valence-corrected chi connectivity index (χ4v) is 4.45. The molecule has 1 atom stereocenters. The van der Waals surface area contributed by atoms with Crippen LogP contribution >= 0.6 is 0 Å². The molecule has 0 radical (unpaired) electrons. The zero-order chi connectivity index (χ0) is 22.1. The summed E-state index contributed by atoms with van der Waals surface area (Å²) in [5.74, 6) is -0.0708. The van der Waals surface area contributed by atoms with Crippen molar-refractivity contribution in [2.24, 2.45) is 0 Å². The summed E-state index contributed by atoms with van der Waals surface area (Å²) >= 11 is 0. The minimum Gasteiger partial charge on any atom is -0.465 e. The minimum atomic E-state index is -1.06. The van der Waals surface area contributed by atoms with Gasteiger partial charge in [0.05, 0.1) is 23.6 Å². The van der Waals surface area contributed by atoms with Crippen LogP contribution in [-0.2, 0) is 16.1 Å². The number of hydrogen-bond acceptors (Lipinski definition) is 4. The number of nitrogens with zero attached hydrogens (tertiary/aromatic N) is 5. The SMILES string of the molecule is CC(=O)N1c2ccc(-c3cnn(CC(=O)N4CCCCC4)c3)cc2N(C(=O)O)C[C@@H]1C. The summed E-state index contributed by atoms with van der Waals surface area (Å²) in [6.07, 6.45) is 5.66. The van der Waals surface area contributed by atoms with Crippen molar-refractivity contribution in [2.75, 3.05) is 29.4 Å². The largest absolute Gasteiger partial charge is 0.465 e. The van der Waals surface area contributed by atoms with Crippen LogP contribution in [0.15, 0.2) is 30.6 Å². The van der Waals surface area contributed by atoms with Crippen LogP contribution in [0, 0.1) is 0 Å². The van der Waals surface area contributed by atoms with Crippen LogP contribution in [0.2, 0.25) is 0 Å². The molecule has 9 nitrogen and oxygen atoms in total. The van der Waals surface area contributed by atoms with E-state index in [1.165, 1.54) is 18.2 Å². The van der Waals surface area contributed by atoms with Gasteiger partial charge in [0.2, 0.25) is 11.8 Å². The van der Waals surface area contributed by atoms with Gasteiger partial charge in [-0.3, -0.25) is 19.2 Å². The number of anilines is 2. The Hall–Kier alpha value is -3.36. The molecule has 0 bridgehead atoms. The highest BCUT2D eigenvalue weighted by Gasteiger charge is 2.33. The van der Waals surface area contributed by atoms with E-state index in [9.17, 15) is 19.5 Å². The molecule has 164 valence electrons. The Bertz CT molecular complexity index is 1010. The number of carbonyl (C=O) groups excluding carboxylic acids is 2. The smallest absolute Gasteiger partial charge is 0.411 e. The predicted octanol–water partition coefficient (Wildman–Crippen LogP) is 2.80. The third kappa shape index (κ3) is 4.12. The molecule has 31 heavy (non-hydrogen) atoms. The molecule has 1 aromatic heterocycles. The van der Waals surface area contributed by atoms with Gasteiger partial charge < -0.3 is 14.9 Å². The number of fused-ring (bicyclic) bond motifs is 1. The van der Waals surface area contributed by atoms with Gasteiger partial charge in [-0.25, -0.2) is 4.79 Å². The van der Waals surface area contributed by atoms with Crippen molar-refractivity contribution in [1.29, 1.82) is 0 Å². The first kappa shape index (κ1) is 20.9. The number of hydrogen-bond donors (Lipinski definition) is 1. The van der Waals surface area contributed by atoms with Crippen LogP contribution in [0.3, 0.4) is 0 Å². The first-order chi connectivity index (χ1) is 14.8. The Kier molecular flexibility index (Phi) is 5.67. The van der Waals surface area contributed by atoms with Crippen LogP contribution in [-0.4, -0.2) is 63.4 Å². The number of amides is 3. The van der Waals surface area contributed by atoms with Gasteiger partial charge in [-0.05, 0) is 43.9 Å². The third-order valence-corrected chi connectivity index (χ3v) is 5.96. The lowest BCUT2D eigenvalue weighted by Crippen LogP contribution is -2.51. The molecule has 1 saturated heterocycles. The Balaban J connectivity index is 1.60. The van der Waals surface area contributed by atoms with Crippen LogP contribution in [0.25, 0.3) is 11.1 Å². The number of rotatable bonds is 3. The lowest BCUT2D eigenvalue weighted by molar-refractivity contribution is -0.132. The van der Waals surface area contributed by atoms with E-state index in [0.717, 1.165) is 37.1 Å². The standard InChI is InChI=1S/C22H27N5O4/c1-15-12-26(22(30)31)20-10-17(6-7-19(20)27(15)16(2)28)18-11-23-25(13-18)14-21(29)24-8-4-3-5-9-24/h6-7,10-11,13,15H,3-5,8-9,12,14H2,1-2H3,(H,30,31)/t15-/m0/s1. The molecule has 1 aromatic carbocycles. The molecule has 4 rings (SSSR count). The van der Waals surface area contributed by atoms with Gasteiger partial charge in [-0.2, -0.15) is 5.10 Å². The molecule has 9 heteroatoms. The highest BCUT2D eigenvalue weighted by Crippen LogP contribution is 2.38. The molecular formula is C22H27N5O4. The average Bonchev–Trinajstić information content (AvgIpc) is 3.21. The molecule has 0 unspecified atom stereocenters. The lowest BCUT2D eigenvalue weighted by Gasteiger charge is -2.39. The van der Waals surface area contributed by atoms with Crippen molar-refractivity contribution in [2.45, 2.75) is 45.7 Å². The van der Waals surface area contributed by atoms with Crippen LogP contribution in [0.4, 0.5) is 16.2 Å². The van der Waals surface area contributed by atoms with E-state index in [0.29, 0.717) is 11.4 Å². The Morgan fingerprint density at radius 2 is 1.84 bits per heavy atom. The maximum Gasteiger partial charge on any atom is 0.411 e. The van der Waals surface area contributed by atoms with Crippen molar-refractivity contribution in [1.82, 2.24) is 14.7 Å². The molecular weight excluding hydrogens is 398 g/mol. The highest BCUT2D eigenvalue weighted by molar-refractivity contribution is 6.02. The number of aromatic nitrogens is 2. The van der Waals surface area contributed by atoms with E-state index in [1.54, 1.807) is 34.1 Å². The molecule has 0 spiro atoms. The van der Waals surface area contributed by atoms with E-state index < -0.39 is 6.09 Å². The summed E-state index contributed by atoms with van der Waals surface area (Å²) in [4.78, 5) is 41.3. The number of carboxylic acid groups (broad SMARTS) is 1. The quantitative estimate of drug-likeness (QED) is 0.815. The molecule has 2 aliphatic rings. The summed E-state index contributed by atoms with van der Waals surface area (Å²) in [6.45, 7) is 5.30. The second-order valence-electron chi connectivity index (χ2n) is 8.20. The maximum atomic E-state index is 12.5. The Morgan fingerprint density at radius 3 is 2.52 bits per heavy atom. The van der Waals surface area contributed by atoms with Crippen molar-refractivity contribution < 1.29 is 19.5 Å². The van der Waals surface area contributed by atoms with Crippen LogP contribution < -0.4 is 9.80 Å². The molecule has 0 aliphatic carbocycles. The number of benzene rings is 1. The lowest BCUT2D eigenvalue weighted by atomic mass is 10.0. The number of carbonyl (C=O) groups is 3. The first-order valence-electron chi connectivity index (χ1n) is 10.6. The van der Waals surface area contributed by atoms with E-state index in [4.69, 9.17) is 0 Å².